The Morgan fingerprint density at radius 2 is 2.13 bits per heavy atom. The predicted octanol–water partition coefficient (Wildman–Crippen LogP) is 2.45. The number of pyridine rings is 1. The summed E-state index contributed by atoms with van der Waals surface area (Å²) >= 11 is 1.46. The van der Waals surface area contributed by atoms with Gasteiger partial charge in [-0.3, -0.25) is 0 Å². The number of nitrogens with zero attached hydrogens (tertiary/aromatic N) is 1. The molecule has 1 aromatic carbocycles. The van der Waals surface area contributed by atoms with Gasteiger partial charge in [-0.05, 0) is 12.1 Å². The average molecular weight is 315 g/mol. The summed E-state index contributed by atoms with van der Waals surface area (Å²) in [6.07, 6.45) is 0. The van der Waals surface area contributed by atoms with Crippen LogP contribution in [0.2, 0.25) is 0 Å². The van der Waals surface area contributed by atoms with Crippen LogP contribution >= 0.6 is 23.0 Å². The first-order chi connectivity index (χ1) is 7.22. The van der Waals surface area contributed by atoms with Gasteiger partial charge < -0.3 is 8.17 Å². The van der Waals surface area contributed by atoms with Crippen LogP contribution < -0.4 is 0 Å². The zero-order valence-electron chi connectivity index (χ0n) is 7.48. The summed E-state index contributed by atoms with van der Waals surface area (Å²) in [6, 6.07) is 8.70. The fourth-order valence-corrected chi connectivity index (χ4v) is 1.50. The molecule has 0 spiro atoms. The van der Waals surface area contributed by atoms with Crippen LogP contribution in [0, 0.1) is 0 Å². The van der Waals surface area contributed by atoms with E-state index in [0.29, 0.717) is 5.52 Å². The Balaban J connectivity index is 2.67. The predicted molar refractivity (Wildman–Crippen MR) is 62.8 cm³/mol. The van der Waals surface area contributed by atoms with Crippen molar-refractivity contribution in [2.45, 2.75) is 0 Å². The number of hydrogen-bond acceptors (Lipinski definition) is 4. The number of aromatic hydroxyl groups is 1. The van der Waals surface area contributed by atoms with Crippen LogP contribution in [0.25, 0.3) is 10.9 Å². The van der Waals surface area contributed by atoms with Crippen molar-refractivity contribution in [3.63, 3.8) is 0 Å². The third-order valence-corrected chi connectivity index (χ3v) is 2.37. The number of hydrogen-bond donors (Lipinski definition) is 1. The Kier molecular flexibility index (Phi) is 2.72. The van der Waals surface area contributed by atoms with E-state index in [9.17, 15) is 9.90 Å². The Bertz CT molecular complexity index is 527. The van der Waals surface area contributed by atoms with Crippen molar-refractivity contribution in [1.82, 2.24) is 4.98 Å². The van der Waals surface area contributed by atoms with Gasteiger partial charge in [-0.25, -0.2) is 9.78 Å². The van der Waals surface area contributed by atoms with Crippen molar-refractivity contribution in [3.8, 4) is 5.75 Å². The third kappa shape index (κ3) is 1.87. The SMILES string of the molecule is O=C(OI)c1nc2ccccc2cc1O. The molecule has 1 heterocycles. The standard InChI is InChI=1S/C10H6INO3/c11-15-10(14)9-8(13)5-6-3-1-2-4-7(6)12-9/h1-5,13H. The first kappa shape index (κ1) is 10.2. The molecule has 0 saturated heterocycles. The zero-order valence-corrected chi connectivity index (χ0v) is 9.63. The molecule has 0 radical (unpaired) electrons. The number of benzene rings is 1. The highest BCUT2D eigenvalue weighted by molar-refractivity contribution is 14.1. The molecular formula is C10H6INO3. The summed E-state index contributed by atoms with van der Waals surface area (Å²) in [5, 5.41) is 10.3. The Morgan fingerprint density at radius 1 is 1.40 bits per heavy atom. The molecule has 0 aliphatic heterocycles. The van der Waals surface area contributed by atoms with E-state index in [1.807, 2.05) is 12.1 Å². The maximum Gasteiger partial charge on any atom is 0.370 e. The minimum Gasteiger partial charge on any atom is -0.505 e. The van der Waals surface area contributed by atoms with Crippen molar-refractivity contribution in [2.75, 3.05) is 0 Å². The molecule has 0 atom stereocenters. The molecule has 15 heavy (non-hydrogen) atoms. The molecule has 1 N–H and O–H groups in total. The van der Waals surface area contributed by atoms with E-state index in [4.69, 9.17) is 0 Å². The van der Waals surface area contributed by atoms with Gasteiger partial charge in [0, 0.05) is 5.39 Å². The first-order valence-corrected chi connectivity index (χ1v) is 5.02. The second-order valence-electron chi connectivity index (χ2n) is 2.91. The number of rotatable bonds is 1. The van der Waals surface area contributed by atoms with Gasteiger partial charge in [-0.2, -0.15) is 0 Å². The van der Waals surface area contributed by atoms with Crippen molar-refractivity contribution < 1.29 is 13.0 Å². The first-order valence-electron chi connectivity index (χ1n) is 4.14. The van der Waals surface area contributed by atoms with Crippen molar-refractivity contribution >= 4 is 39.9 Å². The Hall–Kier alpha value is -1.37. The summed E-state index contributed by atoms with van der Waals surface area (Å²) in [7, 11) is 0. The van der Waals surface area contributed by atoms with Crippen LogP contribution in [0.3, 0.4) is 0 Å². The molecule has 4 nitrogen and oxygen atoms in total. The topological polar surface area (TPSA) is 59.4 Å². The van der Waals surface area contributed by atoms with Crippen LogP contribution in [-0.4, -0.2) is 16.1 Å². The molecule has 0 saturated carbocycles. The lowest BCUT2D eigenvalue weighted by molar-refractivity contribution is 0.0791. The summed E-state index contributed by atoms with van der Waals surface area (Å²) in [5.41, 5.74) is 0.579. The molecule has 0 bridgehead atoms. The van der Waals surface area contributed by atoms with E-state index in [0.717, 1.165) is 5.39 Å². The smallest absolute Gasteiger partial charge is 0.370 e. The number of halogens is 1. The van der Waals surface area contributed by atoms with Gasteiger partial charge in [-0.1, -0.05) is 18.2 Å². The van der Waals surface area contributed by atoms with Crippen LogP contribution in [0.15, 0.2) is 30.3 Å². The van der Waals surface area contributed by atoms with Crippen molar-refractivity contribution in [3.05, 3.63) is 36.0 Å². The fourth-order valence-electron chi connectivity index (χ4n) is 1.29. The van der Waals surface area contributed by atoms with Crippen LogP contribution in [0.5, 0.6) is 5.75 Å². The lowest BCUT2D eigenvalue weighted by atomic mass is 10.2. The monoisotopic (exact) mass is 315 g/mol. The molecule has 76 valence electrons. The van der Waals surface area contributed by atoms with Gasteiger partial charge in [0.25, 0.3) is 0 Å². The number of carbonyl (C=O) groups excluding carboxylic acids is 1. The van der Waals surface area contributed by atoms with Gasteiger partial charge in [0.05, 0.1) is 5.52 Å². The normalized spacial score (nSPS) is 10.2. The number of aromatic nitrogens is 1. The summed E-state index contributed by atoms with van der Waals surface area (Å²) in [4.78, 5) is 15.2. The summed E-state index contributed by atoms with van der Waals surface area (Å²) in [6.45, 7) is 0. The largest absolute Gasteiger partial charge is 0.505 e. The van der Waals surface area contributed by atoms with Gasteiger partial charge in [-0.15, -0.1) is 0 Å². The summed E-state index contributed by atoms with van der Waals surface area (Å²) in [5.74, 6) is -0.825. The zero-order chi connectivity index (χ0) is 10.8. The van der Waals surface area contributed by atoms with E-state index in [2.05, 4.69) is 8.05 Å². The lowest BCUT2D eigenvalue weighted by Gasteiger charge is -2.02. The van der Waals surface area contributed by atoms with E-state index >= 15 is 0 Å². The number of para-hydroxylation sites is 1. The van der Waals surface area contributed by atoms with Gasteiger partial charge >= 0.3 is 5.97 Å². The minimum absolute atomic E-state index is 0.0666. The average Bonchev–Trinajstić information content (AvgIpc) is 2.27. The Morgan fingerprint density at radius 3 is 2.87 bits per heavy atom. The van der Waals surface area contributed by atoms with E-state index in [-0.39, 0.29) is 11.4 Å². The second-order valence-corrected chi connectivity index (χ2v) is 3.35. The van der Waals surface area contributed by atoms with E-state index in [1.165, 1.54) is 29.1 Å². The molecule has 2 rings (SSSR count). The summed E-state index contributed by atoms with van der Waals surface area (Å²) < 4.78 is 4.47. The highest BCUT2D eigenvalue weighted by Crippen LogP contribution is 2.22. The third-order valence-electron chi connectivity index (χ3n) is 1.97. The minimum atomic E-state index is -0.654. The molecule has 0 aliphatic carbocycles. The molecule has 2 aromatic rings. The molecule has 1 aromatic heterocycles. The number of fused-ring (bicyclic) bond motifs is 1. The molecule has 0 fully saturated rings. The van der Waals surface area contributed by atoms with Crippen molar-refractivity contribution in [2.24, 2.45) is 0 Å². The molecule has 0 aliphatic rings. The highest BCUT2D eigenvalue weighted by atomic mass is 127. The van der Waals surface area contributed by atoms with Crippen LogP contribution in [0.1, 0.15) is 10.5 Å². The van der Waals surface area contributed by atoms with Crippen LogP contribution in [0.4, 0.5) is 0 Å². The van der Waals surface area contributed by atoms with Gasteiger partial charge in [0.1, 0.15) is 5.75 Å². The highest BCUT2D eigenvalue weighted by Gasteiger charge is 2.14. The lowest BCUT2D eigenvalue weighted by Crippen LogP contribution is -2.01. The maximum absolute atomic E-state index is 11.2. The van der Waals surface area contributed by atoms with Crippen LogP contribution in [-0.2, 0) is 3.07 Å². The van der Waals surface area contributed by atoms with E-state index in [1.54, 1.807) is 12.1 Å². The maximum atomic E-state index is 11.2. The van der Waals surface area contributed by atoms with Gasteiger partial charge in [0.2, 0.25) is 0 Å². The van der Waals surface area contributed by atoms with Gasteiger partial charge in [0.15, 0.2) is 28.7 Å². The Labute approximate surface area is 99.6 Å². The molecule has 0 unspecified atom stereocenters. The molecular weight excluding hydrogens is 309 g/mol. The van der Waals surface area contributed by atoms with Crippen molar-refractivity contribution in [1.29, 1.82) is 0 Å². The quantitative estimate of drug-likeness (QED) is 0.821. The number of carbonyl (C=O) groups is 1. The second kappa shape index (κ2) is 4.01. The molecule has 5 heteroatoms. The van der Waals surface area contributed by atoms with E-state index < -0.39 is 5.97 Å². The fraction of sp³-hybridized carbons (Fsp3) is 0. The molecule has 0 amide bonds.